The third-order valence-electron chi connectivity index (χ3n) is 4.23. The first kappa shape index (κ1) is 17.6. The highest BCUT2D eigenvalue weighted by atomic mass is 35.5. The van der Waals surface area contributed by atoms with E-state index < -0.39 is 11.2 Å². The first-order chi connectivity index (χ1) is 13.0. The molecule has 0 radical (unpaired) electrons. The number of aromatic nitrogens is 4. The van der Waals surface area contributed by atoms with E-state index in [0.717, 1.165) is 22.2 Å². The van der Waals surface area contributed by atoms with Gasteiger partial charge in [0.15, 0.2) is 11.0 Å². The molecule has 27 heavy (non-hydrogen) atoms. The normalized spacial score (nSPS) is 12.4. The summed E-state index contributed by atoms with van der Waals surface area (Å²) < 4.78 is 1.91. The van der Waals surface area contributed by atoms with Crippen LogP contribution in [0, 0.1) is 0 Å². The molecule has 0 saturated heterocycles. The Hall–Kier alpha value is -2.77. The van der Waals surface area contributed by atoms with Gasteiger partial charge in [-0.3, -0.25) is 9.36 Å². The highest BCUT2D eigenvalue weighted by Crippen LogP contribution is 2.33. The molecule has 0 aliphatic rings. The third kappa shape index (κ3) is 3.31. The molecule has 0 bridgehead atoms. The number of hydrogen-bond acceptors (Lipinski definition) is 4. The first-order valence-electron chi connectivity index (χ1n) is 8.28. The van der Waals surface area contributed by atoms with E-state index in [1.165, 1.54) is 11.8 Å². The summed E-state index contributed by atoms with van der Waals surface area (Å²) in [6.07, 6.45) is 1.91. The van der Waals surface area contributed by atoms with E-state index in [9.17, 15) is 4.79 Å². The van der Waals surface area contributed by atoms with E-state index in [4.69, 9.17) is 17.3 Å². The van der Waals surface area contributed by atoms with E-state index in [1.54, 1.807) is 6.92 Å². The topological polar surface area (TPSA) is 89.6 Å². The molecule has 0 spiro atoms. The molecule has 0 fully saturated rings. The average molecular weight is 398 g/mol. The largest absolute Gasteiger partial charge is 0.369 e. The standard InChI is InChI=1S/C19H16ClN5OS/c1-11(17(21)26)27-19-24-23-18(25(19)13-8-6-12(20)7-9-13)15-10-22-16-5-3-2-4-14(15)16/h2-11,22H,1H3,(H2,21,26). The summed E-state index contributed by atoms with van der Waals surface area (Å²) in [7, 11) is 0. The molecule has 0 aliphatic carbocycles. The van der Waals surface area contributed by atoms with Gasteiger partial charge in [0.1, 0.15) is 0 Å². The van der Waals surface area contributed by atoms with Crippen LogP contribution in [0.15, 0.2) is 59.9 Å². The van der Waals surface area contributed by atoms with Crippen LogP contribution in [0.25, 0.3) is 28.0 Å². The van der Waals surface area contributed by atoms with Crippen molar-refractivity contribution >= 4 is 40.2 Å². The fourth-order valence-electron chi connectivity index (χ4n) is 2.82. The van der Waals surface area contributed by atoms with Crippen LogP contribution >= 0.6 is 23.4 Å². The number of amides is 1. The van der Waals surface area contributed by atoms with E-state index in [0.29, 0.717) is 16.0 Å². The molecule has 4 aromatic rings. The monoisotopic (exact) mass is 397 g/mol. The predicted octanol–water partition coefficient (Wildman–Crippen LogP) is 4.03. The third-order valence-corrected chi connectivity index (χ3v) is 5.54. The molecule has 6 nitrogen and oxygen atoms in total. The maximum absolute atomic E-state index is 11.5. The van der Waals surface area contributed by atoms with Crippen LogP contribution in [0.2, 0.25) is 5.02 Å². The number of primary amides is 1. The zero-order chi connectivity index (χ0) is 19.0. The Bertz CT molecular complexity index is 1120. The number of rotatable bonds is 5. The first-order valence-corrected chi connectivity index (χ1v) is 9.54. The number of thioether (sulfide) groups is 1. The van der Waals surface area contributed by atoms with Crippen LogP contribution in [-0.4, -0.2) is 30.9 Å². The Labute approximate surface area is 164 Å². The minimum atomic E-state index is -0.434. The SMILES string of the molecule is CC(Sc1nnc(-c2c[nH]c3ccccc23)n1-c1ccc(Cl)cc1)C(N)=O. The van der Waals surface area contributed by atoms with Gasteiger partial charge in [0, 0.05) is 33.4 Å². The van der Waals surface area contributed by atoms with E-state index in [2.05, 4.69) is 15.2 Å². The van der Waals surface area contributed by atoms with Gasteiger partial charge in [0.25, 0.3) is 0 Å². The maximum atomic E-state index is 11.5. The predicted molar refractivity (Wildman–Crippen MR) is 108 cm³/mol. The number of aromatic amines is 1. The number of nitrogens with zero attached hydrogens (tertiary/aromatic N) is 3. The Kier molecular flexibility index (Phi) is 4.63. The minimum absolute atomic E-state index is 0.403. The molecule has 2 heterocycles. The number of carbonyl (C=O) groups is 1. The lowest BCUT2D eigenvalue weighted by molar-refractivity contribution is -0.117. The molecule has 8 heteroatoms. The molecule has 1 atom stereocenters. The smallest absolute Gasteiger partial charge is 0.230 e. The van der Waals surface area contributed by atoms with Gasteiger partial charge in [-0.15, -0.1) is 10.2 Å². The zero-order valence-corrected chi connectivity index (χ0v) is 16.0. The van der Waals surface area contributed by atoms with Crippen molar-refractivity contribution in [2.75, 3.05) is 0 Å². The van der Waals surface area contributed by atoms with E-state index >= 15 is 0 Å². The number of H-pyrrole nitrogens is 1. The van der Waals surface area contributed by atoms with Crippen molar-refractivity contribution in [3.05, 3.63) is 59.8 Å². The molecule has 2 aromatic heterocycles. The lowest BCUT2D eigenvalue weighted by Gasteiger charge is -2.12. The van der Waals surface area contributed by atoms with Crippen LogP contribution in [0.5, 0.6) is 0 Å². The number of fused-ring (bicyclic) bond motifs is 1. The van der Waals surface area contributed by atoms with Crippen LogP contribution in [0.1, 0.15) is 6.92 Å². The number of nitrogens with two attached hydrogens (primary N) is 1. The van der Waals surface area contributed by atoms with Gasteiger partial charge in [-0.25, -0.2) is 0 Å². The van der Waals surface area contributed by atoms with Gasteiger partial charge in [-0.1, -0.05) is 41.6 Å². The van der Waals surface area contributed by atoms with Gasteiger partial charge in [0.2, 0.25) is 5.91 Å². The number of hydrogen-bond donors (Lipinski definition) is 2. The number of para-hydroxylation sites is 1. The second-order valence-corrected chi connectivity index (χ2v) is 7.77. The van der Waals surface area contributed by atoms with Crippen molar-refractivity contribution in [1.82, 2.24) is 19.7 Å². The number of nitrogens with one attached hydrogen (secondary N) is 1. The number of benzene rings is 2. The molecule has 3 N–H and O–H groups in total. The Morgan fingerprint density at radius 1 is 1.19 bits per heavy atom. The Morgan fingerprint density at radius 3 is 2.67 bits per heavy atom. The summed E-state index contributed by atoms with van der Waals surface area (Å²) in [5, 5.41) is 10.6. The van der Waals surface area contributed by atoms with E-state index in [1.807, 2.05) is 59.3 Å². The molecule has 4 rings (SSSR count). The molecule has 1 amide bonds. The van der Waals surface area contributed by atoms with E-state index in [-0.39, 0.29) is 0 Å². The quantitative estimate of drug-likeness (QED) is 0.497. The molecule has 0 aliphatic heterocycles. The molecule has 2 aromatic carbocycles. The van der Waals surface area contributed by atoms with Crippen LogP contribution in [0.3, 0.4) is 0 Å². The van der Waals surface area contributed by atoms with Crippen molar-refractivity contribution in [3.8, 4) is 17.1 Å². The molecular formula is C19H16ClN5OS. The highest BCUT2D eigenvalue weighted by molar-refractivity contribution is 8.00. The van der Waals surface area contributed by atoms with Crippen molar-refractivity contribution in [2.24, 2.45) is 5.73 Å². The lowest BCUT2D eigenvalue weighted by Crippen LogP contribution is -2.23. The maximum Gasteiger partial charge on any atom is 0.230 e. The summed E-state index contributed by atoms with van der Waals surface area (Å²) in [5.74, 6) is 0.272. The molecular weight excluding hydrogens is 382 g/mol. The minimum Gasteiger partial charge on any atom is -0.369 e. The molecule has 136 valence electrons. The summed E-state index contributed by atoms with van der Waals surface area (Å²) in [4.78, 5) is 14.8. The Morgan fingerprint density at radius 2 is 1.93 bits per heavy atom. The summed E-state index contributed by atoms with van der Waals surface area (Å²) >= 11 is 7.32. The van der Waals surface area contributed by atoms with Crippen molar-refractivity contribution in [2.45, 2.75) is 17.3 Å². The van der Waals surface area contributed by atoms with Crippen LogP contribution in [-0.2, 0) is 4.79 Å². The second-order valence-electron chi connectivity index (χ2n) is 6.03. The summed E-state index contributed by atoms with van der Waals surface area (Å²) in [6, 6.07) is 15.4. The average Bonchev–Trinajstić information content (AvgIpc) is 3.26. The van der Waals surface area contributed by atoms with Gasteiger partial charge in [-0.05, 0) is 37.3 Å². The van der Waals surface area contributed by atoms with Gasteiger partial charge >= 0.3 is 0 Å². The number of halogens is 1. The zero-order valence-electron chi connectivity index (χ0n) is 14.4. The van der Waals surface area contributed by atoms with Gasteiger partial charge in [-0.2, -0.15) is 0 Å². The van der Waals surface area contributed by atoms with Crippen molar-refractivity contribution < 1.29 is 4.79 Å². The summed E-state index contributed by atoms with van der Waals surface area (Å²) in [5.41, 5.74) is 8.21. The lowest BCUT2D eigenvalue weighted by atomic mass is 10.1. The van der Waals surface area contributed by atoms with Crippen LogP contribution < -0.4 is 5.73 Å². The second kappa shape index (κ2) is 7.09. The van der Waals surface area contributed by atoms with Crippen LogP contribution in [0.4, 0.5) is 0 Å². The fraction of sp³-hybridized carbons (Fsp3) is 0.105. The number of carbonyl (C=O) groups excluding carboxylic acids is 1. The molecule has 0 saturated carbocycles. The summed E-state index contributed by atoms with van der Waals surface area (Å²) in [6.45, 7) is 1.75. The van der Waals surface area contributed by atoms with Gasteiger partial charge in [0.05, 0.1) is 5.25 Å². The van der Waals surface area contributed by atoms with Crippen molar-refractivity contribution in [1.29, 1.82) is 0 Å². The highest BCUT2D eigenvalue weighted by Gasteiger charge is 2.22. The van der Waals surface area contributed by atoms with Gasteiger partial charge < -0.3 is 10.7 Å². The van der Waals surface area contributed by atoms with Crippen molar-refractivity contribution in [3.63, 3.8) is 0 Å². The molecule has 1 unspecified atom stereocenters. The Balaban J connectivity index is 1.90. The fourth-order valence-corrected chi connectivity index (χ4v) is 3.76.